The average molecular weight is 466 g/mol. The van der Waals surface area contributed by atoms with Gasteiger partial charge in [-0.3, -0.25) is 0 Å². The van der Waals surface area contributed by atoms with Gasteiger partial charge in [0.25, 0.3) is 0 Å². The van der Waals surface area contributed by atoms with Gasteiger partial charge in [-0.2, -0.15) is 0 Å². The Morgan fingerprint density at radius 3 is 2.09 bits per heavy atom. The first kappa shape index (κ1) is 23.1. The summed E-state index contributed by atoms with van der Waals surface area (Å²) in [7, 11) is -3.82. The van der Waals surface area contributed by atoms with Crippen LogP contribution in [0.3, 0.4) is 0 Å². The highest BCUT2D eigenvalue weighted by molar-refractivity contribution is 7.89. The highest BCUT2D eigenvalue weighted by Gasteiger charge is 2.38. The van der Waals surface area contributed by atoms with Crippen LogP contribution in [0.15, 0.2) is 83.8 Å². The molecule has 4 aromatic rings. The lowest BCUT2D eigenvalue weighted by molar-refractivity contribution is 0.112. The lowest BCUT2D eigenvalue weighted by atomic mass is 9.85. The van der Waals surface area contributed by atoms with E-state index < -0.39 is 21.7 Å². The van der Waals surface area contributed by atoms with Crippen molar-refractivity contribution in [2.45, 2.75) is 37.0 Å². The van der Waals surface area contributed by atoms with Crippen LogP contribution in [-0.2, 0) is 22.2 Å². The average Bonchev–Trinajstić information content (AvgIpc) is 3.22. The number of fused-ring (bicyclic) bond motifs is 1. The Balaban J connectivity index is 1.93. The van der Waals surface area contributed by atoms with E-state index in [0.717, 1.165) is 0 Å². The molecule has 3 N–H and O–H groups in total. The zero-order valence-corrected chi connectivity index (χ0v) is 19.3. The molecule has 7 nitrogen and oxygen atoms in total. The number of sulfonamides is 1. The van der Waals surface area contributed by atoms with Gasteiger partial charge in [0.2, 0.25) is 10.0 Å². The summed E-state index contributed by atoms with van der Waals surface area (Å²) in [6.45, 7) is 3.82. The third kappa shape index (κ3) is 4.30. The summed E-state index contributed by atoms with van der Waals surface area (Å²) in [5.41, 5.74) is 0.950. The Hall–Kier alpha value is -3.04. The Kier molecular flexibility index (Phi) is 6.36. The Morgan fingerprint density at radius 1 is 1.00 bits per heavy atom. The summed E-state index contributed by atoms with van der Waals surface area (Å²) in [5.74, 6) is 0.406. The lowest BCUT2D eigenvalue weighted by Gasteiger charge is -2.29. The van der Waals surface area contributed by atoms with Gasteiger partial charge in [-0.05, 0) is 43.2 Å². The number of nitrogens with zero attached hydrogens (tertiary/aromatic N) is 2. The molecule has 4 rings (SSSR count). The van der Waals surface area contributed by atoms with Crippen LogP contribution in [0.25, 0.3) is 11.0 Å². The molecule has 0 amide bonds. The number of hydrogen-bond donors (Lipinski definition) is 3. The Morgan fingerprint density at radius 2 is 1.58 bits per heavy atom. The molecule has 0 unspecified atom stereocenters. The predicted octanol–water partition coefficient (Wildman–Crippen LogP) is 3.00. The van der Waals surface area contributed by atoms with Gasteiger partial charge in [-0.1, -0.05) is 60.7 Å². The second kappa shape index (κ2) is 9.07. The van der Waals surface area contributed by atoms with E-state index >= 15 is 0 Å². The van der Waals surface area contributed by atoms with E-state index in [0.29, 0.717) is 34.5 Å². The van der Waals surface area contributed by atoms with Gasteiger partial charge in [-0.15, -0.1) is 0 Å². The molecule has 0 radical (unpaired) electrons. The number of imidazole rings is 1. The van der Waals surface area contributed by atoms with Crippen molar-refractivity contribution in [2.75, 3.05) is 6.54 Å². The first-order chi connectivity index (χ1) is 15.8. The molecule has 0 spiro atoms. The van der Waals surface area contributed by atoms with E-state index in [1.54, 1.807) is 12.1 Å². The molecule has 0 aliphatic heterocycles. The number of aromatic nitrogens is 2. The fourth-order valence-electron chi connectivity index (χ4n) is 3.96. The van der Waals surface area contributed by atoms with Gasteiger partial charge >= 0.3 is 0 Å². The second-order valence-corrected chi connectivity index (χ2v) is 9.74. The van der Waals surface area contributed by atoms with Gasteiger partial charge in [0.1, 0.15) is 0 Å². The highest BCUT2D eigenvalue weighted by Crippen LogP contribution is 2.37. The Bertz CT molecular complexity index is 1310. The number of rotatable bonds is 8. The number of nitrogens with one attached hydrogen (secondary N) is 1. The van der Waals surface area contributed by atoms with Crippen molar-refractivity contribution in [3.05, 3.63) is 95.8 Å². The molecule has 0 aliphatic carbocycles. The number of benzene rings is 3. The van der Waals surface area contributed by atoms with Crippen molar-refractivity contribution in [1.82, 2.24) is 14.3 Å². The maximum absolute atomic E-state index is 12.7. The van der Waals surface area contributed by atoms with Gasteiger partial charge in [-0.25, -0.2) is 18.1 Å². The molecule has 0 aliphatic rings. The molecule has 8 heteroatoms. The topological polar surface area (TPSA) is 104 Å². The van der Waals surface area contributed by atoms with Crippen LogP contribution in [-0.4, -0.2) is 40.8 Å². The molecule has 33 heavy (non-hydrogen) atoms. The van der Waals surface area contributed by atoms with Crippen LogP contribution >= 0.6 is 0 Å². The molecule has 1 aromatic heterocycles. The summed E-state index contributed by atoms with van der Waals surface area (Å²) >= 11 is 0. The van der Waals surface area contributed by atoms with Crippen LogP contribution in [0, 0.1) is 0 Å². The number of aryl methyl sites for hydroxylation is 1. The van der Waals surface area contributed by atoms with Crippen molar-refractivity contribution in [2.24, 2.45) is 0 Å². The van der Waals surface area contributed by atoms with E-state index in [2.05, 4.69) is 4.72 Å². The minimum Gasteiger partial charge on any atom is -0.392 e. The normalized spacial score (nSPS) is 13.3. The largest absolute Gasteiger partial charge is 0.392 e. The van der Waals surface area contributed by atoms with Crippen molar-refractivity contribution in [3.63, 3.8) is 0 Å². The highest BCUT2D eigenvalue weighted by atomic mass is 32.2. The third-order valence-electron chi connectivity index (χ3n) is 5.62. The third-order valence-corrected chi connectivity index (χ3v) is 7.04. The van der Waals surface area contributed by atoms with Gasteiger partial charge in [0, 0.05) is 13.1 Å². The minimum absolute atomic E-state index is 0.0692. The lowest BCUT2D eigenvalue weighted by Crippen LogP contribution is -2.32. The van der Waals surface area contributed by atoms with Crippen LogP contribution in [0.5, 0.6) is 0 Å². The van der Waals surface area contributed by atoms with Gasteiger partial charge in [0.05, 0.1) is 22.0 Å². The smallest absolute Gasteiger partial charge is 0.240 e. The number of aliphatic hydroxyl groups is 2. The van der Waals surface area contributed by atoms with E-state index in [1.807, 2.05) is 72.2 Å². The molecule has 1 atom stereocenters. The monoisotopic (exact) mass is 465 g/mol. The maximum atomic E-state index is 12.7. The van der Waals surface area contributed by atoms with Crippen molar-refractivity contribution in [1.29, 1.82) is 0 Å². The Labute approximate surface area is 193 Å². The fraction of sp³-hybridized carbons (Fsp3) is 0.240. The van der Waals surface area contributed by atoms with Crippen molar-refractivity contribution >= 4 is 21.1 Å². The maximum Gasteiger partial charge on any atom is 0.240 e. The first-order valence-corrected chi connectivity index (χ1v) is 12.3. The van der Waals surface area contributed by atoms with Crippen molar-refractivity contribution < 1.29 is 18.6 Å². The summed E-state index contributed by atoms with van der Waals surface area (Å²) in [6, 6.07) is 23.3. The van der Waals surface area contributed by atoms with E-state index in [9.17, 15) is 18.6 Å². The number of aliphatic hydroxyl groups excluding tert-OH is 1. The predicted molar refractivity (Wildman–Crippen MR) is 127 cm³/mol. The van der Waals surface area contributed by atoms with E-state index in [-0.39, 0.29) is 11.4 Å². The molecule has 0 bridgehead atoms. The van der Waals surface area contributed by atoms with Crippen LogP contribution < -0.4 is 4.72 Å². The quantitative estimate of drug-likeness (QED) is 0.371. The zero-order chi connectivity index (χ0) is 23.6. The van der Waals surface area contributed by atoms with Crippen LogP contribution in [0.2, 0.25) is 0 Å². The van der Waals surface area contributed by atoms with Gasteiger partial charge in [0.15, 0.2) is 11.4 Å². The molecular formula is C25H27N3O4S. The molecule has 3 aromatic carbocycles. The molecule has 0 fully saturated rings. The molecule has 1 heterocycles. The van der Waals surface area contributed by atoms with Crippen LogP contribution in [0.1, 0.15) is 30.8 Å². The molecular weight excluding hydrogens is 438 g/mol. The summed E-state index contributed by atoms with van der Waals surface area (Å²) < 4.78 is 29.7. The minimum atomic E-state index is -3.82. The summed E-state index contributed by atoms with van der Waals surface area (Å²) in [5, 5.41) is 21.6. The molecule has 0 saturated carbocycles. The molecule has 0 saturated heterocycles. The molecule has 172 valence electrons. The van der Waals surface area contributed by atoms with E-state index in [1.165, 1.54) is 13.0 Å². The van der Waals surface area contributed by atoms with Gasteiger partial charge < -0.3 is 14.8 Å². The summed E-state index contributed by atoms with van der Waals surface area (Å²) in [6.07, 6.45) is -0.803. The number of hydrogen-bond acceptors (Lipinski definition) is 5. The van der Waals surface area contributed by atoms with Crippen molar-refractivity contribution in [3.8, 4) is 0 Å². The summed E-state index contributed by atoms with van der Waals surface area (Å²) in [4.78, 5) is 4.83. The SMILES string of the molecule is CCn1c(C(O)(c2ccccc2)c2ccccc2)nc2ccc(S(=O)(=O)NC[C@@H](C)O)cc21. The van der Waals surface area contributed by atoms with E-state index in [4.69, 9.17) is 4.98 Å². The first-order valence-electron chi connectivity index (χ1n) is 10.8. The fourth-order valence-corrected chi connectivity index (χ4v) is 5.10. The second-order valence-electron chi connectivity index (χ2n) is 7.97. The standard InChI is InChI=1S/C25H27N3O4S/c1-3-28-23-16-21(33(31,32)26-17-18(2)29)14-15-22(23)27-24(28)25(30,19-10-6-4-7-11-19)20-12-8-5-9-13-20/h4-16,18,26,29-30H,3,17H2,1-2H3/t18-/m1/s1. The zero-order valence-electron chi connectivity index (χ0n) is 18.5. The van der Waals surface area contributed by atoms with Crippen LogP contribution in [0.4, 0.5) is 0 Å².